The fourth-order valence-electron chi connectivity index (χ4n) is 0.655. The van der Waals surface area contributed by atoms with E-state index in [1.165, 1.54) is 0 Å². The largest absolute Gasteiger partial charge is 0.281 e. The standard InChI is InChI=1S/C9H13ClO/c1-4-9(3,5-2)7-6-8(10)11/h4-5H,1-2,6-7H2,3H3. The predicted molar refractivity (Wildman–Crippen MR) is 48.6 cm³/mol. The Hall–Kier alpha value is -0.560. The molecule has 0 atom stereocenters. The van der Waals surface area contributed by atoms with Crippen molar-refractivity contribution in [3.8, 4) is 0 Å². The molecule has 0 aromatic carbocycles. The lowest BCUT2D eigenvalue weighted by Crippen LogP contribution is -2.09. The first kappa shape index (κ1) is 10.4. The summed E-state index contributed by atoms with van der Waals surface area (Å²) in [6, 6.07) is 0. The Balaban J connectivity index is 3.98. The highest BCUT2D eigenvalue weighted by Crippen LogP contribution is 2.25. The Labute approximate surface area is 72.7 Å². The minimum absolute atomic E-state index is 0.162. The molecule has 62 valence electrons. The molecule has 0 fully saturated rings. The van der Waals surface area contributed by atoms with Crippen LogP contribution in [0, 0.1) is 5.41 Å². The molecule has 0 rings (SSSR count). The number of carbonyl (C=O) groups excluding carboxylic acids is 1. The lowest BCUT2D eigenvalue weighted by molar-refractivity contribution is -0.112. The van der Waals surface area contributed by atoms with Crippen molar-refractivity contribution >= 4 is 16.8 Å². The highest BCUT2D eigenvalue weighted by molar-refractivity contribution is 6.63. The summed E-state index contributed by atoms with van der Waals surface area (Å²) in [7, 11) is 0. The summed E-state index contributed by atoms with van der Waals surface area (Å²) < 4.78 is 0. The van der Waals surface area contributed by atoms with Crippen LogP contribution >= 0.6 is 11.6 Å². The van der Waals surface area contributed by atoms with Gasteiger partial charge in [-0.1, -0.05) is 19.1 Å². The average molecular weight is 173 g/mol. The first-order chi connectivity index (χ1) is 5.04. The first-order valence-corrected chi connectivity index (χ1v) is 3.87. The van der Waals surface area contributed by atoms with Crippen LogP contribution in [0.1, 0.15) is 19.8 Å². The first-order valence-electron chi connectivity index (χ1n) is 3.49. The summed E-state index contributed by atoms with van der Waals surface area (Å²) in [4.78, 5) is 10.4. The SMILES string of the molecule is C=CC(C)(C=C)CCC(=O)Cl. The topological polar surface area (TPSA) is 17.1 Å². The van der Waals surface area contributed by atoms with Gasteiger partial charge in [0.25, 0.3) is 0 Å². The maximum atomic E-state index is 10.4. The van der Waals surface area contributed by atoms with E-state index in [4.69, 9.17) is 11.6 Å². The Kier molecular flexibility index (Phi) is 4.12. The van der Waals surface area contributed by atoms with E-state index in [1.54, 1.807) is 12.2 Å². The van der Waals surface area contributed by atoms with Crippen LogP contribution in [-0.2, 0) is 4.79 Å². The van der Waals surface area contributed by atoms with Crippen molar-refractivity contribution in [3.05, 3.63) is 25.3 Å². The average Bonchev–Trinajstić information content (AvgIpc) is 2.00. The Morgan fingerprint density at radius 2 is 2.00 bits per heavy atom. The lowest BCUT2D eigenvalue weighted by Gasteiger charge is -2.19. The van der Waals surface area contributed by atoms with Gasteiger partial charge in [0.05, 0.1) is 0 Å². The molecule has 0 amide bonds. The third-order valence-corrected chi connectivity index (χ3v) is 1.98. The number of allylic oxidation sites excluding steroid dienone is 2. The summed E-state index contributed by atoms with van der Waals surface area (Å²) >= 11 is 5.19. The number of rotatable bonds is 5. The van der Waals surface area contributed by atoms with Crippen LogP contribution in [0.3, 0.4) is 0 Å². The highest BCUT2D eigenvalue weighted by atomic mass is 35.5. The number of hydrogen-bond donors (Lipinski definition) is 0. The van der Waals surface area contributed by atoms with Crippen molar-refractivity contribution in [1.82, 2.24) is 0 Å². The van der Waals surface area contributed by atoms with Gasteiger partial charge in [0.2, 0.25) is 5.24 Å². The maximum absolute atomic E-state index is 10.4. The molecule has 0 spiro atoms. The molecule has 0 radical (unpaired) electrons. The number of carbonyl (C=O) groups is 1. The highest BCUT2D eigenvalue weighted by Gasteiger charge is 2.15. The van der Waals surface area contributed by atoms with E-state index >= 15 is 0 Å². The van der Waals surface area contributed by atoms with Crippen LogP contribution < -0.4 is 0 Å². The van der Waals surface area contributed by atoms with Crippen molar-refractivity contribution in [1.29, 1.82) is 0 Å². The molecular formula is C9H13ClO. The quantitative estimate of drug-likeness (QED) is 0.461. The van der Waals surface area contributed by atoms with E-state index in [-0.39, 0.29) is 10.7 Å². The second-order valence-electron chi connectivity index (χ2n) is 2.77. The molecule has 0 unspecified atom stereocenters. The van der Waals surface area contributed by atoms with E-state index in [2.05, 4.69) is 13.2 Å². The van der Waals surface area contributed by atoms with Crippen LogP contribution in [-0.4, -0.2) is 5.24 Å². The van der Waals surface area contributed by atoms with Crippen molar-refractivity contribution in [2.24, 2.45) is 5.41 Å². The molecule has 1 nitrogen and oxygen atoms in total. The molecule has 0 aromatic heterocycles. The molecule has 0 saturated carbocycles. The van der Waals surface area contributed by atoms with Gasteiger partial charge in [0.1, 0.15) is 0 Å². The molecule has 0 heterocycles. The van der Waals surface area contributed by atoms with Crippen LogP contribution in [0.5, 0.6) is 0 Å². The second kappa shape index (κ2) is 4.35. The summed E-state index contributed by atoms with van der Waals surface area (Å²) in [5, 5.41) is -0.306. The van der Waals surface area contributed by atoms with Crippen LogP contribution in [0.4, 0.5) is 0 Å². The van der Waals surface area contributed by atoms with Gasteiger partial charge in [-0.25, -0.2) is 0 Å². The zero-order valence-corrected chi connectivity index (χ0v) is 7.53. The fraction of sp³-hybridized carbons (Fsp3) is 0.444. The summed E-state index contributed by atoms with van der Waals surface area (Å²) in [5.41, 5.74) is -0.162. The Morgan fingerprint density at radius 1 is 1.55 bits per heavy atom. The molecule has 0 bridgehead atoms. The third-order valence-electron chi connectivity index (χ3n) is 1.79. The van der Waals surface area contributed by atoms with Gasteiger partial charge < -0.3 is 0 Å². The minimum Gasteiger partial charge on any atom is -0.281 e. The van der Waals surface area contributed by atoms with E-state index in [1.807, 2.05) is 6.92 Å². The van der Waals surface area contributed by atoms with Gasteiger partial charge in [-0.05, 0) is 18.0 Å². The summed E-state index contributed by atoms with van der Waals surface area (Å²) in [6.07, 6.45) is 4.61. The Morgan fingerprint density at radius 3 is 2.27 bits per heavy atom. The molecule has 0 saturated heterocycles. The van der Waals surface area contributed by atoms with Crippen molar-refractivity contribution in [2.45, 2.75) is 19.8 Å². The minimum atomic E-state index is -0.306. The molecule has 0 aliphatic carbocycles. The van der Waals surface area contributed by atoms with Gasteiger partial charge in [0.15, 0.2) is 0 Å². The van der Waals surface area contributed by atoms with E-state index in [0.29, 0.717) is 12.8 Å². The number of halogens is 1. The zero-order valence-electron chi connectivity index (χ0n) is 6.77. The summed E-state index contributed by atoms with van der Waals surface area (Å²) in [6.45, 7) is 9.28. The van der Waals surface area contributed by atoms with Crippen molar-refractivity contribution < 1.29 is 4.79 Å². The van der Waals surface area contributed by atoms with E-state index in [9.17, 15) is 4.79 Å². The van der Waals surface area contributed by atoms with Crippen LogP contribution in [0.15, 0.2) is 25.3 Å². The van der Waals surface area contributed by atoms with Gasteiger partial charge >= 0.3 is 0 Å². The monoisotopic (exact) mass is 172 g/mol. The smallest absolute Gasteiger partial charge is 0.221 e. The molecule has 2 heteroatoms. The van der Waals surface area contributed by atoms with Gasteiger partial charge in [0, 0.05) is 11.8 Å². The predicted octanol–water partition coefficient (Wildman–Crippen LogP) is 2.91. The molecule has 0 N–H and O–H groups in total. The van der Waals surface area contributed by atoms with E-state index < -0.39 is 0 Å². The molecule has 0 aliphatic heterocycles. The lowest BCUT2D eigenvalue weighted by atomic mass is 9.86. The van der Waals surface area contributed by atoms with Crippen molar-refractivity contribution in [2.75, 3.05) is 0 Å². The third kappa shape index (κ3) is 3.99. The van der Waals surface area contributed by atoms with Gasteiger partial charge in [-0.2, -0.15) is 0 Å². The summed E-state index contributed by atoms with van der Waals surface area (Å²) in [5.74, 6) is 0. The van der Waals surface area contributed by atoms with Crippen LogP contribution in [0.25, 0.3) is 0 Å². The normalized spacial score (nSPS) is 10.7. The molecular weight excluding hydrogens is 160 g/mol. The second-order valence-corrected chi connectivity index (χ2v) is 3.19. The van der Waals surface area contributed by atoms with Crippen molar-refractivity contribution in [3.63, 3.8) is 0 Å². The fourth-order valence-corrected chi connectivity index (χ4v) is 0.750. The van der Waals surface area contributed by atoms with Gasteiger partial charge in [-0.15, -0.1) is 13.2 Å². The zero-order chi connectivity index (χ0) is 8.91. The van der Waals surface area contributed by atoms with Gasteiger partial charge in [-0.3, -0.25) is 4.79 Å². The molecule has 0 aliphatic rings. The maximum Gasteiger partial charge on any atom is 0.221 e. The molecule has 0 aromatic rings. The van der Waals surface area contributed by atoms with E-state index in [0.717, 1.165) is 0 Å². The molecule has 11 heavy (non-hydrogen) atoms. The number of hydrogen-bond acceptors (Lipinski definition) is 1. The Bertz CT molecular complexity index is 164. The van der Waals surface area contributed by atoms with Crippen LogP contribution in [0.2, 0.25) is 0 Å².